The molecule has 2 fully saturated rings. The van der Waals surface area contributed by atoms with Gasteiger partial charge in [-0.2, -0.15) is 0 Å². The summed E-state index contributed by atoms with van der Waals surface area (Å²) in [6, 6.07) is 0. The van der Waals surface area contributed by atoms with E-state index in [9.17, 15) is 9.90 Å². The van der Waals surface area contributed by atoms with Gasteiger partial charge in [0.15, 0.2) is 0 Å². The summed E-state index contributed by atoms with van der Waals surface area (Å²) in [5.41, 5.74) is 0.0167. The molecule has 1 atom stereocenters. The minimum absolute atomic E-state index is 0.0167. The van der Waals surface area contributed by atoms with E-state index in [-0.39, 0.29) is 17.6 Å². The molecule has 2 aliphatic rings. The van der Waals surface area contributed by atoms with Gasteiger partial charge in [0, 0.05) is 25.0 Å². The van der Waals surface area contributed by atoms with Crippen molar-refractivity contribution >= 4 is 5.91 Å². The van der Waals surface area contributed by atoms with E-state index >= 15 is 0 Å². The number of carbonyl (C=O) groups is 1. The molecule has 0 aromatic rings. The fourth-order valence-electron chi connectivity index (χ4n) is 3.11. The van der Waals surface area contributed by atoms with Crippen LogP contribution < -0.4 is 5.32 Å². The summed E-state index contributed by atoms with van der Waals surface area (Å²) in [5, 5.41) is 12.8. The highest BCUT2D eigenvalue weighted by Gasteiger charge is 2.35. The SMILES string of the molecule is CNC1(CC(=O)N2CC[C@H](O)C2)CCCCC1. The van der Waals surface area contributed by atoms with E-state index in [0.29, 0.717) is 13.0 Å². The lowest BCUT2D eigenvalue weighted by Crippen LogP contribution is -2.48. The maximum Gasteiger partial charge on any atom is 0.224 e. The van der Waals surface area contributed by atoms with Gasteiger partial charge < -0.3 is 15.3 Å². The van der Waals surface area contributed by atoms with Crippen LogP contribution in [0.2, 0.25) is 0 Å². The van der Waals surface area contributed by atoms with Crippen molar-refractivity contribution in [3.63, 3.8) is 0 Å². The average molecular weight is 240 g/mol. The molecule has 4 nitrogen and oxygen atoms in total. The normalized spacial score (nSPS) is 28.4. The van der Waals surface area contributed by atoms with Crippen LogP contribution in [0.15, 0.2) is 0 Å². The van der Waals surface area contributed by atoms with Gasteiger partial charge in [-0.3, -0.25) is 4.79 Å². The monoisotopic (exact) mass is 240 g/mol. The molecular formula is C13H24N2O2. The van der Waals surface area contributed by atoms with Crippen molar-refractivity contribution < 1.29 is 9.90 Å². The zero-order valence-electron chi connectivity index (χ0n) is 10.7. The summed E-state index contributed by atoms with van der Waals surface area (Å²) in [7, 11) is 1.97. The van der Waals surface area contributed by atoms with Crippen LogP contribution >= 0.6 is 0 Å². The van der Waals surface area contributed by atoms with Crippen molar-refractivity contribution in [2.45, 2.75) is 56.6 Å². The highest BCUT2D eigenvalue weighted by atomic mass is 16.3. The Hall–Kier alpha value is -0.610. The largest absolute Gasteiger partial charge is 0.391 e. The zero-order valence-corrected chi connectivity index (χ0v) is 10.7. The van der Waals surface area contributed by atoms with Gasteiger partial charge in [-0.1, -0.05) is 19.3 Å². The molecule has 0 unspecified atom stereocenters. The molecule has 2 N–H and O–H groups in total. The molecule has 1 heterocycles. The summed E-state index contributed by atoms with van der Waals surface area (Å²) >= 11 is 0. The van der Waals surface area contributed by atoms with Crippen LogP contribution in [0.25, 0.3) is 0 Å². The number of carbonyl (C=O) groups excluding carboxylic acids is 1. The summed E-state index contributed by atoms with van der Waals surface area (Å²) in [4.78, 5) is 14.0. The van der Waals surface area contributed by atoms with Crippen molar-refractivity contribution in [1.82, 2.24) is 10.2 Å². The highest BCUT2D eigenvalue weighted by Crippen LogP contribution is 2.31. The molecule has 2 rings (SSSR count). The maximum absolute atomic E-state index is 12.2. The minimum atomic E-state index is -0.309. The summed E-state index contributed by atoms with van der Waals surface area (Å²) in [6.07, 6.45) is 6.95. The molecule has 17 heavy (non-hydrogen) atoms. The minimum Gasteiger partial charge on any atom is -0.391 e. The zero-order chi connectivity index (χ0) is 12.3. The Morgan fingerprint density at radius 1 is 1.41 bits per heavy atom. The molecule has 0 radical (unpaired) electrons. The summed E-state index contributed by atoms with van der Waals surface area (Å²) in [5.74, 6) is 0.206. The predicted molar refractivity (Wildman–Crippen MR) is 66.7 cm³/mol. The fourth-order valence-corrected chi connectivity index (χ4v) is 3.11. The fraction of sp³-hybridized carbons (Fsp3) is 0.923. The number of β-amino-alcohol motifs (C(OH)–C–C–N with tert-alkyl or cyclic N) is 1. The van der Waals surface area contributed by atoms with Gasteiger partial charge in [0.1, 0.15) is 0 Å². The first-order valence-electron chi connectivity index (χ1n) is 6.80. The van der Waals surface area contributed by atoms with Gasteiger partial charge in [-0.25, -0.2) is 0 Å². The highest BCUT2D eigenvalue weighted by molar-refractivity contribution is 5.77. The first-order valence-corrected chi connectivity index (χ1v) is 6.80. The van der Waals surface area contributed by atoms with Gasteiger partial charge in [-0.15, -0.1) is 0 Å². The number of rotatable bonds is 3. The Morgan fingerprint density at radius 3 is 2.65 bits per heavy atom. The lowest BCUT2D eigenvalue weighted by atomic mass is 9.79. The van der Waals surface area contributed by atoms with E-state index in [1.54, 1.807) is 0 Å². The summed E-state index contributed by atoms with van der Waals surface area (Å²) in [6.45, 7) is 1.25. The molecule has 0 spiro atoms. The van der Waals surface area contributed by atoms with E-state index in [2.05, 4.69) is 5.32 Å². The Bertz CT molecular complexity index is 275. The second kappa shape index (κ2) is 5.36. The van der Waals surface area contributed by atoms with Gasteiger partial charge >= 0.3 is 0 Å². The van der Waals surface area contributed by atoms with Gasteiger partial charge in [-0.05, 0) is 26.3 Å². The molecule has 0 bridgehead atoms. The van der Waals surface area contributed by atoms with E-state index in [1.807, 2.05) is 11.9 Å². The van der Waals surface area contributed by atoms with Crippen molar-refractivity contribution in [2.75, 3.05) is 20.1 Å². The average Bonchev–Trinajstić information content (AvgIpc) is 2.77. The van der Waals surface area contributed by atoms with E-state index in [0.717, 1.165) is 25.8 Å². The van der Waals surface area contributed by atoms with Crippen molar-refractivity contribution in [1.29, 1.82) is 0 Å². The van der Waals surface area contributed by atoms with Crippen LogP contribution in [0.3, 0.4) is 0 Å². The van der Waals surface area contributed by atoms with Crippen molar-refractivity contribution in [3.05, 3.63) is 0 Å². The van der Waals surface area contributed by atoms with Crippen molar-refractivity contribution in [2.24, 2.45) is 0 Å². The van der Waals surface area contributed by atoms with E-state index < -0.39 is 0 Å². The number of hydrogen-bond acceptors (Lipinski definition) is 3. The molecule has 0 aromatic carbocycles. The molecule has 98 valence electrons. The quantitative estimate of drug-likeness (QED) is 0.770. The molecule has 1 saturated heterocycles. The van der Waals surface area contributed by atoms with Crippen LogP contribution in [0.4, 0.5) is 0 Å². The van der Waals surface area contributed by atoms with Crippen molar-refractivity contribution in [3.8, 4) is 0 Å². The third-order valence-corrected chi connectivity index (χ3v) is 4.35. The Kier molecular flexibility index (Phi) is 4.05. The molecule has 1 amide bonds. The smallest absolute Gasteiger partial charge is 0.224 e. The number of nitrogens with one attached hydrogen (secondary N) is 1. The molecule has 1 saturated carbocycles. The standard InChI is InChI=1S/C13H24N2O2/c1-14-13(6-3-2-4-7-13)9-12(17)15-8-5-11(16)10-15/h11,14,16H,2-10H2,1H3/t11-/m0/s1. The molecule has 4 heteroatoms. The number of nitrogens with zero attached hydrogens (tertiary/aromatic N) is 1. The van der Waals surface area contributed by atoms with Gasteiger partial charge in [0.05, 0.1) is 6.10 Å². The van der Waals surface area contributed by atoms with Crippen LogP contribution in [0.5, 0.6) is 0 Å². The van der Waals surface area contributed by atoms with Crippen LogP contribution in [-0.4, -0.2) is 47.7 Å². The molecule has 1 aliphatic heterocycles. The second-order valence-electron chi connectivity index (χ2n) is 5.55. The summed E-state index contributed by atoms with van der Waals surface area (Å²) < 4.78 is 0. The third kappa shape index (κ3) is 2.99. The Balaban J connectivity index is 1.91. The van der Waals surface area contributed by atoms with Crippen LogP contribution in [-0.2, 0) is 4.79 Å². The lowest BCUT2D eigenvalue weighted by Gasteiger charge is -2.37. The van der Waals surface area contributed by atoms with Gasteiger partial charge in [0.2, 0.25) is 5.91 Å². The molecule has 1 aliphatic carbocycles. The van der Waals surface area contributed by atoms with Crippen LogP contribution in [0, 0.1) is 0 Å². The first-order chi connectivity index (χ1) is 8.15. The Morgan fingerprint density at radius 2 is 2.12 bits per heavy atom. The number of aliphatic hydroxyl groups is 1. The molecular weight excluding hydrogens is 216 g/mol. The first kappa shape index (κ1) is 12.8. The number of hydrogen-bond donors (Lipinski definition) is 2. The predicted octanol–water partition coefficient (Wildman–Crippen LogP) is 0.892. The second-order valence-corrected chi connectivity index (χ2v) is 5.55. The third-order valence-electron chi connectivity index (χ3n) is 4.35. The van der Waals surface area contributed by atoms with Crippen LogP contribution in [0.1, 0.15) is 44.9 Å². The lowest BCUT2D eigenvalue weighted by molar-refractivity contribution is -0.132. The number of likely N-dealkylation sites (tertiary alicyclic amines) is 1. The Labute approximate surface area is 103 Å². The van der Waals surface area contributed by atoms with Gasteiger partial charge in [0.25, 0.3) is 0 Å². The molecule has 0 aromatic heterocycles. The number of aliphatic hydroxyl groups excluding tert-OH is 1. The van der Waals surface area contributed by atoms with E-state index in [1.165, 1.54) is 19.3 Å². The maximum atomic E-state index is 12.2. The topological polar surface area (TPSA) is 52.6 Å². The number of amides is 1. The van der Waals surface area contributed by atoms with E-state index in [4.69, 9.17) is 0 Å².